The molecule has 2 aromatic rings. The van der Waals surface area contributed by atoms with Gasteiger partial charge in [0.15, 0.2) is 0 Å². The van der Waals surface area contributed by atoms with E-state index in [2.05, 4.69) is 15.0 Å². The van der Waals surface area contributed by atoms with Crippen LogP contribution in [0.1, 0.15) is 10.5 Å². The summed E-state index contributed by atoms with van der Waals surface area (Å²) in [7, 11) is 0. The van der Waals surface area contributed by atoms with Gasteiger partial charge in [-0.3, -0.25) is 4.79 Å². The minimum absolute atomic E-state index is 0.149. The molecule has 19 heavy (non-hydrogen) atoms. The third-order valence-electron chi connectivity index (χ3n) is 2.29. The van der Waals surface area contributed by atoms with E-state index >= 15 is 0 Å². The molecule has 0 spiro atoms. The summed E-state index contributed by atoms with van der Waals surface area (Å²) in [5, 5.41) is 2.55. The molecule has 1 aromatic heterocycles. The van der Waals surface area contributed by atoms with Gasteiger partial charge in [-0.05, 0) is 36.4 Å². The summed E-state index contributed by atoms with van der Waals surface area (Å²) in [6.07, 6.45) is 1.25. The van der Waals surface area contributed by atoms with E-state index < -0.39 is 12.8 Å². The summed E-state index contributed by atoms with van der Waals surface area (Å²) in [5.74, 6) is -0.594. The van der Waals surface area contributed by atoms with Crippen LogP contribution in [0.15, 0.2) is 42.6 Å². The third kappa shape index (κ3) is 3.48. The van der Waals surface area contributed by atoms with Crippen LogP contribution in [0.2, 0.25) is 0 Å². The zero-order valence-corrected chi connectivity index (χ0v) is 9.77. The fourth-order valence-electron chi connectivity index (χ4n) is 1.39. The number of rotatable bonds is 4. The number of anilines is 1. The predicted octanol–water partition coefficient (Wildman–Crippen LogP) is 2.78. The molecule has 0 bridgehead atoms. The first-order chi connectivity index (χ1) is 9.19. The summed E-state index contributed by atoms with van der Waals surface area (Å²) in [5.41, 5.74) is 0.604. The van der Waals surface area contributed by atoms with Crippen molar-refractivity contribution in [3.8, 4) is 5.75 Å². The van der Waals surface area contributed by atoms with Crippen molar-refractivity contribution in [1.82, 2.24) is 4.98 Å². The highest BCUT2D eigenvalue weighted by Gasteiger charge is 2.07. The van der Waals surface area contributed by atoms with E-state index in [1.54, 1.807) is 0 Å². The first-order valence-corrected chi connectivity index (χ1v) is 5.41. The summed E-state index contributed by atoms with van der Waals surface area (Å²) < 4.78 is 29.2. The van der Waals surface area contributed by atoms with E-state index in [-0.39, 0.29) is 17.3 Å². The van der Waals surface area contributed by atoms with Gasteiger partial charge in [-0.1, -0.05) is 0 Å². The maximum Gasteiger partial charge on any atom is 0.274 e. The summed E-state index contributed by atoms with van der Waals surface area (Å²) in [4.78, 5) is 15.6. The SMILES string of the molecule is O=C(Nc1ccc(F)cc1)c1ccc(OCF)cn1. The first kappa shape index (κ1) is 12.9. The number of alkyl halides is 1. The molecule has 1 aromatic carbocycles. The highest BCUT2D eigenvalue weighted by atomic mass is 19.1. The zero-order chi connectivity index (χ0) is 13.7. The molecule has 0 aliphatic heterocycles. The number of pyridine rings is 1. The molecular formula is C13H10F2N2O2. The lowest BCUT2D eigenvalue weighted by atomic mass is 10.3. The van der Waals surface area contributed by atoms with Gasteiger partial charge in [-0.25, -0.2) is 13.8 Å². The summed E-state index contributed by atoms with van der Waals surface area (Å²) >= 11 is 0. The van der Waals surface area contributed by atoms with Crippen molar-refractivity contribution in [2.24, 2.45) is 0 Å². The first-order valence-electron chi connectivity index (χ1n) is 5.41. The van der Waals surface area contributed by atoms with Crippen molar-refractivity contribution in [3.05, 3.63) is 54.1 Å². The normalized spacial score (nSPS) is 10.0. The van der Waals surface area contributed by atoms with E-state index in [0.29, 0.717) is 5.69 Å². The number of amides is 1. The maximum atomic E-state index is 12.7. The number of nitrogens with one attached hydrogen (secondary N) is 1. The lowest BCUT2D eigenvalue weighted by Crippen LogP contribution is -2.13. The summed E-state index contributed by atoms with van der Waals surface area (Å²) in [6.45, 7) is -0.956. The monoisotopic (exact) mass is 264 g/mol. The van der Waals surface area contributed by atoms with Gasteiger partial charge in [0.05, 0.1) is 6.20 Å². The Kier molecular flexibility index (Phi) is 4.02. The van der Waals surface area contributed by atoms with Crippen LogP contribution in [0.3, 0.4) is 0 Å². The van der Waals surface area contributed by atoms with Crippen LogP contribution in [0, 0.1) is 5.82 Å². The van der Waals surface area contributed by atoms with E-state index in [1.165, 1.54) is 42.6 Å². The van der Waals surface area contributed by atoms with Crippen LogP contribution in [0.25, 0.3) is 0 Å². The van der Waals surface area contributed by atoms with Gasteiger partial charge >= 0.3 is 0 Å². The minimum Gasteiger partial charge on any atom is -0.461 e. The molecule has 2 rings (SSSR count). The highest BCUT2D eigenvalue weighted by molar-refractivity contribution is 6.02. The molecule has 0 fully saturated rings. The van der Waals surface area contributed by atoms with Crippen LogP contribution in [0.5, 0.6) is 5.75 Å². The quantitative estimate of drug-likeness (QED) is 0.923. The number of ether oxygens (including phenoxy) is 1. The van der Waals surface area contributed by atoms with Crippen LogP contribution >= 0.6 is 0 Å². The van der Waals surface area contributed by atoms with Gasteiger partial charge in [0.2, 0.25) is 6.86 Å². The Labute approximate surface area is 108 Å². The van der Waals surface area contributed by atoms with E-state index in [1.807, 2.05) is 0 Å². The average Bonchev–Trinajstić information content (AvgIpc) is 2.42. The number of carbonyl (C=O) groups excluding carboxylic acids is 1. The second kappa shape index (κ2) is 5.90. The average molecular weight is 264 g/mol. The van der Waals surface area contributed by atoms with E-state index in [4.69, 9.17) is 0 Å². The molecule has 0 saturated carbocycles. The molecule has 0 saturated heterocycles. The van der Waals surface area contributed by atoms with Crippen molar-refractivity contribution >= 4 is 11.6 Å². The Bertz CT molecular complexity index is 556. The van der Waals surface area contributed by atoms with Crippen molar-refractivity contribution in [2.75, 3.05) is 12.2 Å². The second-order valence-corrected chi connectivity index (χ2v) is 3.59. The van der Waals surface area contributed by atoms with Crippen molar-refractivity contribution in [3.63, 3.8) is 0 Å². The van der Waals surface area contributed by atoms with Crippen LogP contribution in [0.4, 0.5) is 14.5 Å². The molecule has 98 valence electrons. The Hall–Kier alpha value is -2.50. The molecule has 1 heterocycles. The minimum atomic E-state index is -0.956. The number of aromatic nitrogens is 1. The van der Waals surface area contributed by atoms with Gasteiger partial charge in [-0.2, -0.15) is 0 Å². The number of halogens is 2. The lowest BCUT2D eigenvalue weighted by molar-refractivity contribution is 0.102. The van der Waals surface area contributed by atoms with Crippen LogP contribution < -0.4 is 10.1 Å². The molecule has 1 N–H and O–H groups in total. The van der Waals surface area contributed by atoms with E-state index in [0.717, 1.165) is 0 Å². The predicted molar refractivity (Wildman–Crippen MR) is 65.2 cm³/mol. The van der Waals surface area contributed by atoms with Crippen molar-refractivity contribution in [1.29, 1.82) is 0 Å². The Balaban J connectivity index is 2.05. The van der Waals surface area contributed by atoms with Gasteiger partial charge in [0, 0.05) is 5.69 Å². The zero-order valence-electron chi connectivity index (χ0n) is 9.77. The van der Waals surface area contributed by atoms with Gasteiger partial charge in [0.25, 0.3) is 5.91 Å². The fourth-order valence-corrected chi connectivity index (χ4v) is 1.39. The number of benzene rings is 1. The smallest absolute Gasteiger partial charge is 0.274 e. The summed E-state index contributed by atoms with van der Waals surface area (Å²) in [6, 6.07) is 8.19. The Morgan fingerprint density at radius 3 is 2.53 bits per heavy atom. The molecule has 0 aliphatic carbocycles. The number of nitrogens with zero attached hydrogens (tertiary/aromatic N) is 1. The van der Waals surface area contributed by atoms with Crippen molar-refractivity contribution in [2.45, 2.75) is 0 Å². The molecule has 0 radical (unpaired) electrons. The highest BCUT2D eigenvalue weighted by Crippen LogP contribution is 2.12. The van der Waals surface area contributed by atoms with Gasteiger partial charge in [0.1, 0.15) is 17.3 Å². The van der Waals surface area contributed by atoms with Crippen LogP contribution in [-0.4, -0.2) is 17.8 Å². The van der Waals surface area contributed by atoms with E-state index in [9.17, 15) is 13.6 Å². The number of hydrogen-bond donors (Lipinski definition) is 1. The topological polar surface area (TPSA) is 51.2 Å². The second-order valence-electron chi connectivity index (χ2n) is 3.59. The van der Waals surface area contributed by atoms with Gasteiger partial charge < -0.3 is 10.1 Å². The van der Waals surface area contributed by atoms with Crippen molar-refractivity contribution < 1.29 is 18.3 Å². The third-order valence-corrected chi connectivity index (χ3v) is 2.29. The molecule has 0 atom stereocenters. The number of hydrogen-bond acceptors (Lipinski definition) is 3. The molecule has 4 nitrogen and oxygen atoms in total. The largest absolute Gasteiger partial charge is 0.461 e. The molecule has 0 unspecified atom stereocenters. The Morgan fingerprint density at radius 1 is 1.21 bits per heavy atom. The molecule has 1 amide bonds. The number of carbonyl (C=O) groups is 1. The van der Waals surface area contributed by atoms with Crippen LogP contribution in [-0.2, 0) is 0 Å². The lowest BCUT2D eigenvalue weighted by Gasteiger charge is -2.05. The fraction of sp³-hybridized carbons (Fsp3) is 0.0769. The van der Waals surface area contributed by atoms with Gasteiger partial charge in [-0.15, -0.1) is 0 Å². The molecule has 6 heteroatoms. The molecular weight excluding hydrogens is 254 g/mol. The Morgan fingerprint density at radius 2 is 1.95 bits per heavy atom. The standard InChI is InChI=1S/C13H10F2N2O2/c14-8-19-11-5-6-12(16-7-11)13(18)17-10-3-1-9(15)2-4-10/h1-7H,8H2,(H,17,18). The molecule has 0 aliphatic rings. The maximum absolute atomic E-state index is 12.7.